The summed E-state index contributed by atoms with van der Waals surface area (Å²) in [4.78, 5) is 26.0. The maximum absolute atomic E-state index is 12.6. The Morgan fingerprint density at radius 2 is 1.83 bits per heavy atom. The first-order chi connectivity index (χ1) is 16.8. The minimum absolute atomic E-state index is 0.0264. The number of hydrogen-bond donors (Lipinski definition) is 0. The molecule has 0 spiro atoms. The number of nitriles is 1. The number of nitrogens with zero attached hydrogens (tertiary/aromatic N) is 2. The maximum atomic E-state index is 12.6. The molecule has 1 saturated heterocycles. The minimum atomic E-state index is -0.463. The van der Waals surface area contributed by atoms with Crippen LogP contribution in [-0.4, -0.2) is 50.8 Å². The zero-order valence-corrected chi connectivity index (χ0v) is 21.0. The van der Waals surface area contributed by atoms with E-state index in [4.69, 9.17) is 14.0 Å². The van der Waals surface area contributed by atoms with E-state index in [0.717, 1.165) is 35.0 Å². The largest absolute Gasteiger partial charge is 0.493 e. The lowest BCUT2D eigenvalue weighted by atomic mass is 9.74. The average Bonchev–Trinajstić information content (AvgIpc) is 2.86. The highest BCUT2D eigenvalue weighted by Crippen LogP contribution is 2.26. The minimum Gasteiger partial charge on any atom is -0.468 e. The highest BCUT2D eigenvalue weighted by Gasteiger charge is 2.33. The summed E-state index contributed by atoms with van der Waals surface area (Å²) in [6.07, 6.45) is 2.07. The molecule has 1 amide bonds. The van der Waals surface area contributed by atoms with Crippen LogP contribution < -0.4 is 5.46 Å². The lowest BCUT2D eigenvalue weighted by Crippen LogP contribution is -2.47. The van der Waals surface area contributed by atoms with E-state index in [9.17, 15) is 14.9 Å². The Kier molecular flexibility index (Phi) is 9.08. The third-order valence-corrected chi connectivity index (χ3v) is 5.97. The predicted octanol–water partition coefficient (Wildman–Crippen LogP) is 3.69. The molecule has 0 unspecified atom stereocenters. The van der Waals surface area contributed by atoms with Gasteiger partial charge in [0.1, 0.15) is 6.54 Å². The molecule has 1 aliphatic heterocycles. The van der Waals surface area contributed by atoms with Crippen LogP contribution in [-0.2, 0) is 30.2 Å². The molecule has 0 N–H and O–H groups in total. The van der Waals surface area contributed by atoms with E-state index in [2.05, 4.69) is 19.9 Å². The summed E-state index contributed by atoms with van der Waals surface area (Å²) in [5.41, 5.74) is 3.95. The van der Waals surface area contributed by atoms with Crippen molar-refractivity contribution in [3.05, 3.63) is 53.6 Å². The molecule has 0 aliphatic carbocycles. The summed E-state index contributed by atoms with van der Waals surface area (Å²) in [5, 5.41) is 9.66. The molecule has 35 heavy (non-hydrogen) atoms. The SMILES string of the molecule is CCCCC(=O)N(CC(=O)OC)Cc1ccc(-c2cc(B3OCC(C)(C)CO3)ccc2C#N)cc1. The number of benzene rings is 2. The number of unbranched alkanes of at least 4 members (excludes halogenated alkanes) is 1. The molecule has 0 radical (unpaired) electrons. The summed E-state index contributed by atoms with van der Waals surface area (Å²) >= 11 is 0. The third-order valence-electron chi connectivity index (χ3n) is 5.97. The molecule has 0 aromatic heterocycles. The number of methoxy groups -OCH3 is 1. The van der Waals surface area contributed by atoms with Gasteiger partial charge in [0.25, 0.3) is 0 Å². The van der Waals surface area contributed by atoms with Crippen LogP contribution in [0.3, 0.4) is 0 Å². The molecule has 0 saturated carbocycles. The molecular formula is C27H33BN2O5. The fraction of sp³-hybridized carbons (Fsp3) is 0.444. The van der Waals surface area contributed by atoms with Crippen molar-refractivity contribution >= 4 is 24.5 Å². The van der Waals surface area contributed by atoms with Gasteiger partial charge in [0.05, 0.1) is 18.7 Å². The highest BCUT2D eigenvalue weighted by atomic mass is 16.6. The van der Waals surface area contributed by atoms with Crippen molar-refractivity contribution < 1.29 is 23.6 Å². The number of hydrogen-bond acceptors (Lipinski definition) is 6. The molecule has 2 aromatic rings. The number of carbonyl (C=O) groups excluding carboxylic acids is 2. The second-order valence-corrected chi connectivity index (χ2v) is 9.66. The molecule has 2 aromatic carbocycles. The number of amides is 1. The second-order valence-electron chi connectivity index (χ2n) is 9.66. The van der Waals surface area contributed by atoms with E-state index in [1.807, 2.05) is 43.3 Å². The Bertz CT molecular complexity index is 1070. The van der Waals surface area contributed by atoms with Gasteiger partial charge >= 0.3 is 13.1 Å². The Labute approximate surface area is 208 Å². The van der Waals surface area contributed by atoms with Gasteiger partial charge in [-0.3, -0.25) is 9.59 Å². The van der Waals surface area contributed by atoms with E-state index in [0.29, 0.717) is 31.7 Å². The fourth-order valence-electron chi connectivity index (χ4n) is 3.88. The van der Waals surface area contributed by atoms with Crippen LogP contribution in [0.25, 0.3) is 11.1 Å². The zero-order chi connectivity index (χ0) is 25.4. The van der Waals surface area contributed by atoms with Crippen LogP contribution in [0.1, 0.15) is 51.2 Å². The first-order valence-electron chi connectivity index (χ1n) is 12.0. The van der Waals surface area contributed by atoms with Crippen molar-refractivity contribution in [2.24, 2.45) is 5.41 Å². The van der Waals surface area contributed by atoms with Crippen LogP contribution in [0.4, 0.5) is 0 Å². The van der Waals surface area contributed by atoms with Crippen LogP contribution in [0.5, 0.6) is 0 Å². The van der Waals surface area contributed by atoms with Crippen LogP contribution in [0, 0.1) is 16.7 Å². The van der Waals surface area contributed by atoms with Crippen molar-refractivity contribution in [2.75, 3.05) is 26.9 Å². The van der Waals surface area contributed by atoms with E-state index in [1.165, 1.54) is 12.0 Å². The summed E-state index contributed by atoms with van der Waals surface area (Å²) in [6.45, 7) is 7.63. The van der Waals surface area contributed by atoms with Gasteiger partial charge in [-0.15, -0.1) is 0 Å². The molecule has 1 aliphatic rings. The smallest absolute Gasteiger partial charge is 0.468 e. The highest BCUT2D eigenvalue weighted by molar-refractivity contribution is 6.61. The maximum Gasteiger partial charge on any atom is 0.493 e. The van der Waals surface area contributed by atoms with Gasteiger partial charge in [0.15, 0.2) is 0 Å². The van der Waals surface area contributed by atoms with Crippen molar-refractivity contribution in [1.29, 1.82) is 5.26 Å². The van der Waals surface area contributed by atoms with E-state index in [1.54, 1.807) is 6.07 Å². The van der Waals surface area contributed by atoms with Crippen molar-refractivity contribution in [3.8, 4) is 17.2 Å². The molecule has 0 bridgehead atoms. The van der Waals surface area contributed by atoms with Crippen LogP contribution >= 0.6 is 0 Å². The lowest BCUT2D eigenvalue weighted by molar-refractivity contribution is -0.147. The molecule has 3 rings (SSSR count). The summed E-state index contributed by atoms with van der Waals surface area (Å²) in [5.74, 6) is -0.520. The van der Waals surface area contributed by atoms with Gasteiger partial charge in [-0.05, 0) is 34.6 Å². The first-order valence-corrected chi connectivity index (χ1v) is 12.0. The van der Waals surface area contributed by atoms with E-state index in [-0.39, 0.29) is 17.9 Å². The Morgan fingerprint density at radius 3 is 2.43 bits per heavy atom. The topological polar surface area (TPSA) is 88.9 Å². The van der Waals surface area contributed by atoms with Gasteiger partial charge in [0, 0.05) is 31.6 Å². The monoisotopic (exact) mass is 476 g/mol. The fourth-order valence-corrected chi connectivity index (χ4v) is 3.88. The van der Waals surface area contributed by atoms with Gasteiger partial charge < -0.3 is 18.9 Å². The lowest BCUT2D eigenvalue weighted by Gasteiger charge is -2.33. The van der Waals surface area contributed by atoms with Crippen molar-refractivity contribution in [3.63, 3.8) is 0 Å². The normalized spacial score (nSPS) is 14.8. The summed E-state index contributed by atoms with van der Waals surface area (Å²) in [7, 11) is 0.853. The molecular weight excluding hydrogens is 443 g/mol. The molecule has 1 fully saturated rings. The van der Waals surface area contributed by atoms with Gasteiger partial charge in [0.2, 0.25) is 5.91 Å². The number of esters is 1. The summed E-state index contributed by atoms with van der Waals surface area (Å²) in [6, 6.07) is 15.5. The second kappa shape index (κ2) is 12.0. The van der Waals surface area contributed by atoms with Gasteiger partial charge in [-0.2, -0.15) is 5.26 Å². The van der Waals surface area contributed by atoms with E-state index >= 15 is 0 Å². The number of carbonyl (C=O) groups is 2. The molecule has 8 heteroatoms. The Morgan fingerprint density at radius 1 is 1.14 bits per heavy atom. The Hall–Kier alpha value is -3.15. The average molecular weight is 476 g/mol. The van der Waals surface area contributed by atoms with Crippen molar-refractivity contribution in [2.45, 2.75) is 46.6 Å². The predicted molar refractivity (Wildman–Crippen MR) is 135 cm³/mol. The molecule has 7 nitrogen and oxygen atoms in total. The molecule has 184 valence electrons. The van der Waals surface area contributed by atoms with Crippen LogP contribution in [0.2, 0.25) is 0 Å². The number of rotatable bonds is 9. The standard InChI is InChI=1S/C27H33BN2O5/c1-5-6-7-25(31)30(17-26(32)33-4)16-20-8-10-21(11-9-20)24-14-23(13-12-22(24)15-29)28-34-18-27(2,3)19-35-28/h8-14H,5-7,16-19H2,1-4H3. The molecule has 1 heterocycles. The quantitative estimate of drug-likeness (QED) is 0.405. The zero-order valence-electron chi connectivity index (χ0n) is 21.0. The van der Waals surface area contributed by atoms with Crippen molar-refractivity contribution in [1.82, 2.24) is 4.90 Å². The van der Waals surface area contributed by atoms with Gasteiger partial charge in [-0.1, -0.05) is 63.6 Å². The third kappa shape index (κ3) is 7.17. The molecule has 0 atom stereocenters. The van der Waals surface area contributed by atoms with Gasteiger partial charge in [-0.25, -0.2) is 0 Å². The van der Waals surface area contributed by atoms with E-state index < -0.39 is 13.1 Å². The first kappa shape index (κ1) is 26.5. The summed E-state index contributed by atoms with van der Waals surface area (Å²) < 4.78 is 16.6. The number of ether oxygens (including phenoxy) is 1. The van der Waals surface area contributed by atoms with Crippen LogP contribution in [0.15, 0.2) is 42.5 Å². The Balaban J connectivity index is 1.79.